The van der Waals surface area contributed by atoms with Crippen molar-refractivity contribution in [3.05, 3.63) is 95.0 Å². The van der Waals surface area contributed by atoms with E-state index in [2.05, 4.69) is 10.5 Å². The SMILES string of the molecule is Cc1occc1C(=O)N/N=C\c1cn(-c2ccccc2)nc1-c1ccc(Cl)cc1. The predicted octanol–water partition coefficient (Wildman–Crippen LogP) is 4.86. The van der Waals surface area contributed by atoms with Crippen molar-refractivity contribution in [2.45, 2.75) is 6.92 Å². The highest BCUT2D eigenvalue weighted by molar-refractivity contribution is 6.30. The lowest BCUT2D eigenvalue weighted by Crippen LogP contribution is -2.17. The van der Waals surface area contributed by atoms with Gasteiger partial charge in [0.05, 0.1) is 23.7 Å². The van der Waals surface area contributed by atoms with Crippen LogP contribution in [-0.4, -0.2) is 21.9 Å². The minimum atomic E-state index is -0.337. The summed E-state index contributed by atoms with van der Waals surface area (Å²) in [5, 5.41) is 9.45. The second-order valence-electron chi connectivity index (χ2n) is 6.31. The van der Waals surface area contributed by atoms with Crippen molar-refractivity contribution >= 4 is 23.7 Å². The molecule has 0 atom stereocenters. The monoisotopic (exact) mass is 404 g/mol. The Morgan fingerprint density at radius 1 is 1.14 bits per heavy atom. The smallest absolute Gasteiger partial charge is 0.274 e. The molecule has 0 saturated heterocycles. The van der Waals surface area contributed by atoms with E-state index in [4.69, 9.17) is 21.1 Å². The first-order chi connectivity index (χ1) is 14.1. The van der Waals surface area contributed by atoms with Crippen LogP contribution in [0.3, 0.4) is 0 Å². The molecule has 4 aromatic rings. The molecule has 0 spiro atoms. The van der Waals surface area contributed by atoms with Gasteiger partial charge in [-0.15, -0.1) is 0 Å². The number of carbonyl (C=O) groups excluding carboxylic acids is 1. The number of benzene rings is 2. The minimum absolute atomic E-state index is 0.337. The number of carbonyl (C=O) groups is 1. The molecule has 7 heteroatoms. The van der Waals surface area contributed by atoms with Crippen molar-refractivity contribution in [1.29, 1.82) is 0 Å². The fourth-order valence-electron chi connectivity index (χ4n) is 2.87. The van der Waals surface area contributed by atoms with Gasteiger partial charge in [0.1, 0.15) is 11.5 Å². The zero-order chi connectivity index (χ0) is 20.2. The molecule has 0 fully saturated rings. The van der Waals surface area contributed by atoms with E-state index in [1.165, 1.54) is 6.26 Å². The van der Waals surface area contributed by atoms with E-state index in [0.29, 0.717) is 16.3 Å². The van der Waals surface area contributed by atoms with Crippen molar-refractivity contribution in [2.75, 3.05) is 0 Å². The number of rotatable bonds is 5. The number of amides is 1. The van der Waals surface area contributed by atoms with E-state index in [1.54, 1.807) is 23.9 Å². The lowest BCUT2D eigenvalue weighted by Gasteiger charge is -2.01. The number of furan rings is 1. The Balaban J connectivity index is 1.65. The Kier molecular flexibility index (Phi) is 5.27. The Morgan fingerprint density at radius 2 is 1.90 bits per heavy atom. The van der Waals surface area contributed by atoms with E-state index in [0.717, 1.165) is 22.5 Å². The molecule has 0 unspecified atom stereocenters. The zero-order valence-electron chi connectivity index (χ0n) is 15.5. The van der Waals surface area contributed by atoms with Gasteiger partial charge in [-0.3, -0.25) is 4.79 Å². The van der Waals surface area contributed by atoms with Crippen molar-refractivity contribution in [2.24, 2.45) is 5.10 Å². The Labute approximate surface area is 172 Å². The highest BCUT2D eigenvalue weighted by Crippen LogP contribution is 2.24. The summed E-state index contributed by atoms with van der Waals surface area (Å²) in [4.78, 5) is 12.2. The van der Waals surface area contributed by atoms with Crippen LogP contribution in [0.5, 0.6) is 0 Å². The van der Waals surface area contributed by atoms with Gasteiger partial charge in [0, 0.05) is 22.3 Å². The lowest BCUT2D eigenvalue weighted by molar-refractivity contribution is 0.0953. The van der Waals surface area contributed by atoms with Gasteiger partial charge in [0.2, 0.25) is 0 Å². The maximum Gasteiger partial charge on any atom is 0.274 e. The van der Waals surface area contributed by atoms with Crippen LogP contribution in [-0.2, 0) is 0 Å². The van der Waals surface area contributed by atoms with Gasteiger partial charge in [0.25, 0.3) is 5.91 Å². The summed E-state index contributed by atoms with van der Waals surface area (Å²) >= 11 is 6.01. The van der Waals surface area contributed by atoms with Crippen LogP contribution >= 0.6 is 11.6 Å². The van der Waals surface area contributed by atoms with Crippen LogP contribution in [0.25, 0.3) is 16.9 Å². The van der Waals surface area contributed by atoms with Gasteiger partial charge in [-0.25, -0.2) is 10.1 Å². The van der Waals surface area contributed by atoms with Crippen molar-refractivity contribution in [3.63, 3.8) is 0 Å². The number of nitrogens with one attached hydrogen (secondary N) is 1. The summed E-state index contributed by atoms with van der Waals surface area (Å²) in [7, 11) is 0. The highest BCUT2D eigenvalue weighted by Gasteiger charge is 2.13. The fraction of sp³-hybridized carbons (Fsp3) is 0.0455. The van der Waals surface area contributed by atoms with Crippen molar-refractivity contribution < 1.29 is 9.21 Å². The molecule has 2 aromatic heterocycles. The molecule has 1 N–H and O–H groups in total. The van der Waals surface area contributed by atoms with E-state index in [-0.39, 0.29) is 5.91 Å². The van der Waals surface area contributed by atoms with Crippen molar-refractivity contribution in [1.82, 2.24) is 15.2 Å². The molecule has 144 valence electrons. The molecular weight excluding hydrogens is 388 g/mol. The molecule has 2 aromatic carbocycles. The molecule has 6 nitrogen and oxygen atoms in total. The fourth-order valence-corrected chi connectivity index (χ4v) is 2.99. The second-order valence-corrected chi connectivity index (χ2v) is 6.75. The molecule has 2 heterocycles. The van der Waals surface area contributed by atoms with E-state index in [1.807, 2.05) is 60.8 Å². The van der Waals surface area contributed by atoms with E-state index in [9.17, 15) is 4.79 Å². The average Bonchev–Trinajstić information content (AvgIpc) is 3.36. The van der Waals surface area contributed by atoms with Crippen LogP contribution in [0, 0.1) is 6.92 Å². The summed E-state index contributed by atoms with van der Waals surface area (Å²) in [6.07, 6.45) is 4.90. The largest absolute Gasteiger partial charge is 0.469 e. The average molecular weight is 405 g/mol. The molecule has 0 aliphatic carbocycles. The molecule has 0 bridgehead atoms. The molecule has 4 rings (SSSR count). The van der Waals surface area contributed by atoms with Crippen LogP contribution in [0.4, 0.5) is 0 Å². The number of halogens is 1. The summed E-state index contributed by atoms with van der Waals surface area (Å²) in [5.41, 5.74) is 6.25. The van der Waals surface area contributed by atoms with Gasteiger partial charge in [-0.2, -0.15) is 10.2 Å². The second kappa shape index (κ2) is 8.16. The number of para-hydroxylation sites is 1. The van der Waals surface area contributed by atoms with Crippen LogP contribution < -0.4 is 5.43 Å². The van der Waals surface area contributed by atoms with Crippen LogP contribution in [0.15, 0.2) is 82.6 Å². The summed E-state index contributed by atoms with van der Waals surface area (Å²) < 4.78 is 6.92. The standard InChI is InChI=1S/C22H17ClN4O2/c1-15-20(11-12-29-15)22(28)25-24-13-17-14-27(19-5-3-2-4-6-19)26-21(17)16-7-9-18(23)10-8-16/h2-14H,1H3,(H,25,28)/b24-13-. The molecule has 0 radical (unpaired) electrons. The maximum atomic E-state index is 12.2. The van der Waals surface area contributed by atoms with E-state index < -0.39 is 0 Å². The predicted molar refractivity (Wildman–Crippen MR) is 113 cm³/mol. The Hall–Kier alpha value is -3.64. The number of aryl methyl sites for hydroxylation is 1. The summed E-state index contributed by atoms with van der Waals surface area (Å²) in [6.45, 7) is 1.72. The number of hydrogen-bond acceptors (Lipinski definition) is 4. The first kappa shape index (κ1) is 18.7. The lowest BCUT2D eigenvalue weighted by atomic mass is 10.1. The molecule has 29 heavy (non-hydrogen) atoms. The topological polar surface area (TPSA) is 72.4 Å². The molecule has 0 aliphatic heterocycles. The first-order valence-electron chi connectivity index (χ1n) is 8.90. The molecular formula is C22H17ClN4O2. The van der Waals surface area contributed by atoms with Gasteiger partial charge >= 0.3 is 0 Å². The van der Waals surface area contributed by atoms with Crippen LogP contribution in [0.1, 0.15) is 21.7 Å². The molecule has 0 saturated carbocycles. The Bertz CT molecular complexity index is 1160. The number of nitrogens with zero attached hydrogens (tertiary/aromatic N) is 3. The third-order valence-electron chi connectivity index (χ3n) is 4.35. The van der Waals surface area contributed by atoms with Gasteiger partial charge in [0.15, 0.2) is 0 Å². The number of hydrazone groups is 1. The highest BCUT2D eigenvalue weighted by atomic mass is 35.5. The first-order valence-corrected chi connectivity index (χ1v) is 9.28. The van der Waals surface area contributed by atoms with Gasteiger partial charge < -0.3 is 4.42 Å². The summed E-state index contributed by atoms with van der Waals surface area (Å²) in [5.74, 6) is 0.201. The Morgan fingerprint density at radius 3 is 2.59 bits per heavy atom. The summed E-state index contributed by atoms with van der Waals surface area (Å²) in [6, 6.07) is 18.8. The minimum Gasteiger partial charge on any atom is -0.469 e. The molecule has 1 amide bonds. The van der Waals surface area contributed by atoms with Crippen molar-refractivity contribution in [3.8, 4) is 16.9 Å². The van der Waals surface area contributed by atoms with Gasteiger partial charge in [-0.1, -0.05) is 41.9 Å². The zero-order valence-corrected chi connectivity index (χ0v) is 16.3. The number of aromatic nitrogens is 2. The quantitative estimate of drug-likeness (QED) is 0.381. The normalized spacial score (nSPS) is 11.1. The third-order valence-corrected chi connectivity index (χ3v) is 4.61. The molecule has 0 aliphatic rings. The van der Waals surface area contributed by atoms with Gasteiger partial charge in [-0.05, 0) is 37.3 Å². The number of hydrogen-bond donors (Lipinski definition) is 1. The van der Waals surface area contributed by atoms with E-state index >= 15 is 0 Å². The third kappa shape index (κ3) is 4.12. The van der Waals surface area contributed by atoms with Crippen LogP contribution in [0.2, 0.25) is 5.02 Å². The maximum absolute atomic E-state index is 12.2.